The third-order valence-electron chi connectivity index (χ3n) is 2.19. The minimum atomic E-state index is -0.984. The summed E-state index contributed by atoms with van der Waals surface area (Å²) in [5.74, 6) is -1.33. The van der Waals surface area contributed by atoms with Gasteiger partial charge in [0.15, 0.2) is 0 Å². The number of aliphatic carboxylic acids is 1. The van der Waals surface area contributed by atoms with Gasteiger partial charge in [0, 0.05) is 6.54 Å². The summed E-state index contributed by atoms with van der Waals surface area (Å²) >= 11 is 0. The van der Waals surface area contributed by atoms with Crippen LogP contribution in [-0.2, 0) is 14.4 Å². The van der Waals surface area contributed by atoms with Crippen LogP contribution >= 0.6 is 0 Å². The molecular formula is C8H12N2O4. The van der Waals surface area contributed by atoms with Gasteiger partial charge in [-0.25, -0.2) is 4.79 Å². The van der Waals surface area contributed by atoms with Gasteiger partial charge >= 0.3 is 5.97 Å². The lowest BCUT2D eigenvalue weighted by molar-refractivity contribution is -0.147. The summed E-state index contributed by atoms with van der Waals surface area (Å²) in [5.41, 5.74) is 0. The number of amides is 2. The van der Waals surface area contributed by atoms with Crippen molar-refractivity contribution in [1.82, 2.24) is 10.2 Å². The van der Waals surface area contributed by atoms with Crippen LogP contribution in [0.1, 0.15) is 12.8 Å². The van der Waals surface area contributed by atoms with Gasteiger partial charge in [0.25, 0.3) is 0 Å². The van der Waals surface area contributed by atoms with Gasteiger partial charge in [-0.05, 0) is 12.8 Å². The van der Waals surface area contributed by atoms with E-state index < -0.39 is 12.0 Å². The summed E-state index contributed by atoms with van der Waals surface area (Å²) in [7, 11) is 0. The van der Waals surface area contributed by atoms with Crippen LogP contribution < -0.4 is 5.32 Å². The van der Waals surface area contributed by atoms with Crippen LogP contribution in [0.3, 0.4) is 0 Å². The molecular weight excluding hydrogens is 188 g/mol. The van der Waals surface area contributed by atoms with E-state index in [1.807, 2.05) is 0 Å². The van der Waals surface area contributed by atoms with Crippen LogP contribution in [-0.4, -0.2) is 47.4 Å². The quantitative estimate of drug-likeness (QED) is 0.558. The zero-order chi connectivity index (χ0) is 10.6. The Hall–Kier alpha value is -1.59. The molecule has 0 radical (unpaired) electrons. The molecule has 1 heterocycles. The van der Waals surface area contributed by atoms with E-state index in [0.717, 1.165) is 0 Å². The molecule has 0 aromatic rings. The van der Waals surface area contributed by atoms with Crippen molar-refractivity contribution < 1.29 is 19.5 Å². The van der Waals surface area contributed by atoms with Crippen molar-refractivity contribution in [2.24, 2.45) is 0 Å². The van der Waals surface area contributed by atoms with Gasteiger partial charge in [-0.15, -0.1) is 0 Å². The number of carbonyl (C=O) groups excluding carboxylic acids is 2. The Morgan fingerprint density at radius 2 is 2.29 bits per heavy atom. The Bertz CT molecular complexity index is 254. The number of hydrogen-bond acceptors (Lipinski definition) is 3. The second-order valence-electron chi connectivity index (χ2n) is 3.08. The van der Waals surface area contributed by atoms with Gasteiger partial charge < -0.3 is 15.3 Å². The van der Waals surface area contributed by atoms with E-state index in [9.17, 15) is 14.4 Å². The fraction of sp³-hybridized carbons (Fsp3) is 0.625. The van der Waals surface area contributed by atoms with Gasteiger partial charge in [0.1, 0.15) is 6.04 Å². The average Bonchev–Trinajstić information content (AvgIpc) is 2.62. The van der Waals surface area contributed by atoms with Crippen molar-refractivity contribution in [1.29, 1.82) is 0 Å². The van der Waals surface area contributed by atoms with E-state index in [1.165, 1.54) is 4.90 Å². The SMILES string of the molecule is O=CNCC(=O)N1CCCC1C(=O)O. The van der Waals surface area contributed by atoms with Crippen LogP contribution in [0.2, 0.25) is 0 Å². The molecule has 0 aromatic heterocycles. The fourth-order valence-electron chi connectivity index (χ4n) is 1.55. The molecule has 0 aromatic carbocycles. The molecule has 1 unspecified atom stereocenters. The molecule has 6 heteroatoms. The first-order chi connectivity index (χ1) is 6.66. The number of carboxylic acid groups (broad SMARTS) is 1. The molecule has 0 aliphatic carbocycles. The lowest BCUT2D eigenvalue weighted by atomic mass is 10.2. The highest BCUT2D eigenvalue weighted by atomic mass is 16.4. The minimum Gasteiger partial charge on any atom is -0.480 e. The molecule has 6 nitrogen and oxygen atoms in total. The Balaban J connectivity index is 2.53. The molecule has 1 saturated heterocycles. The van der Waals surface area contributed by atoms with Crippen molar-refractivity contribution in [2.75, 3.05) is 13.1 Å². The second kappa shape index (κ2) is 4.59. The third-order valence-corrected chi connectivity index (χ3v) is 2.19. The largest absolute Gasteiger partial charge is 0.480 e. The zero-order valence-corrected chi connectivity index (χ0v) is 7.60. The lowest BCUT2D eigenvalue weighted by Crippen LogP contribution is -2.44. The average molecular weight is 200 g/mol. The second-order valence-corrected chi connectivity index (χ2v) is 3.08. The molecule has 1 aliphatic rings. The number of likely N-dealkylation sites (tertiary alicyclic amines) is 1. The first kappa shape index (κ1) is 10.5. The molecule has 78 valence electrons. The number of nitrogens with one attached hydrogen (secondary N) is 1. The van der Waals surface area contributed by atoms with Crippen molar-refractivity contribution in [3.63, 3.8) is 0 Å². The van der Waals surface area contributed by atoms with E-state index in [0.29, 0.717) is 25.8 Å². The molecule has 1 aliphatic heterocycles. The third kappa shape index (κ3) is 2.21. The number of carboxylic acids is 1. The fourth-order valence-corrected chi connectivity index (χ4v) is 1.55. The van der Waals surface area contributed by atoms with E-state index in [4.69, 9.17) is 5.11 Å². The lowest BCUT2D eigenvalue weighted by Gasteiger charge is -2.20. The summed E-state index contributed by atoms with van der Waals surface area (Å²) in [4.78, 5) is 33.3. The molecule has 0 spiro atoms. The molecule has 1 fully saturated rings. The molecule has 0 bridgehead atoms. The predicted octanol–water partition coefficient (Wildman–Crippen LogP) is -1.19. The summed E-state index contributed by atoms with van der Waals surface area (Å²) < 4.78 is 0. The molecule has 1 atom stereocenters. The maximum absolute atomic E-state index is 11.4. The van der Waals surface area contributed by atoms with E-state index in [-0.39, 0.29) is 12.5 Å². The van der Waals surface area contributed by atoms with Gasteiger partial charge in [-0.3, -0.25) is 9.59 Å². The van der Waals surface area contributed by atoms with Gasteiger partial charge in [0.2, 0.25) is 12.3 Å². The summed E-state index contributed by atoms with van der Waals surface area (Å²) in [6, 6.07) is -0.726. The Kier molecular flexibility index (Phi) is 3.44. The molecule has 1 rings (SSSR count). The van der Waals surface area contributed by atoms with Crippen molar-refractivity contribution in [3.05, 3.63) is 0 Å². The monoisotopic (exact) mass is 200 g/mol. The van der Waals surface area contributed by atoms with Crippen molar-refractivity contribution >= 4 is 18.3 Å². The first-order valence-electron chi connectivity index (χ1n) is 4.36. The number of carbonyl (C=O) groups is 3. The van der Waals surface area contributed by atoms with E-state index >= 15 is 0 Å². The molecule has 14 heavy (non-hydrogen) atoms. The highest BCUT2D eigenvalue weighted by Gasteiger charge is 2.33. The minimum absolute atomic E-state index is 0.132. The standard InChI is InChI=1S/C8H12N2O4/c11-5-9-4-7(12)10-3-1-2-6(10)8(13)14/h5-6H,1-4H2,(H,9,11)(H,13,14). The van der Waals surface area contributed by atoms with Crippen molar-refractivity contribution in [2.45, 2.75) is 18.9 Å². The van der Waals surface area contributed by atoms with Crippen LogP contribution in [0.25, 0.3) is 0 Å². The highest BCUT2D eigenvalue weighted by Crippen LogP contribution is 2.16. The van der Waals surface area contributed by atoms with Gasteiger partial charge in [-0.2, -0.15) is 0 Å². The number of hydrogen-bond donors (Lipinski definition) is 2. The maximum atomic E-state index is 11.4. The van der Waals surface area contributed by atoms with Gasteiger partial charge in [0.05, 0.1) is 6.54 Å². The Labute approximate surface area is 80.9 Å². The highest BCUT2D eigenvalue weighted by molar-refractivity contribution is 5.86. The Morgan fingerprint density at radius 1 is 1.57 bits per heavy atom. The summed E-state index contributed by atoms with van der Waals surface area (Å²) in [6.45, 7) is 0.323. The Morgan fingerprint density at radius 3 is 2.86 bits per heavy atom. The van der Waals surface area contributed by atoms with Crippen LogP contribution in [0.5, 0.6) is 0 Å². The van der Waals surface area contributed by atoms with E-state index in [2.05, 4.69) is 5.32 Å². The number of nitrogens with zero attached hydrogens (tertiary/aromatic N) is 1. The van der Waals surface area contributed by atoms with Crippen molar-refractivity contribution in [3.8, 4) is 0 Å². The topological polar surface area (TPSA) is 86.7 Å². The van der Waals surface area contributed by atoms with Crippen LogP contribution in [0.15, 0.2) is 0 Å². The van der Waals surface area contributed by atoms with E-state index in [1.54, 1.807) is 0 Å². The van der Waals surface area contributed by atoms with Crippen LogP contribution in [0.4, 0.5) is 0 Å². The first-order valence-corrected chi connectivity index (χ1v) is 4.36. The van der Waals surface area contributed by atoms with Gasteiger partial charge in [-0.1, -0.05) is 0 Å². The predicted molar refractivity (Wildman–Crippen MR) is 46.4 cm³/mol. The maximum Gasteiger partial charge on any atom is 0.326 e. The zero-order valence-electron chi connectivity index (χ0n) is 7.60. The molecule has 2 N–H and O–H groups in total. The number of rotatable bonds is 4. The normalized spacial score (nSPS) is 20.6. The van der Waals surface area contributed by atoms with Crippen LogP contribution in [0, 0.1) is 0 Å². The summed E-state index contributed by atoms with van der Waals surface area (Å²) in [6.07, 6.45) is 1.61. The molecule has 0 saturated carbocycles. The summed E-state index contributed by atoms with van der Waals surface area (Å²) in [5, 5.41) is 11.0. The smallest absolute Gasteiger partial charge is 0.326 e. The molecule has 2 amide bonds.